The lowest BCUT2D eigenvalue weighted by molar-refractivity contribution is 0.134. The van der Waals surface area contributed by atoms with Crippen molar-refractivity contribution in [2.75, 3.05) is 33.4 Å². The second kappa shape index (κ2) is 7.67. The van der Waals surface area contributed by atoms with E-state index in [2.05, 4.69) is 18.7 Å². The summed E-state index contributed by atoms with van der Waals surface area (Å²) in [5.41, 5.74) is 5.39. The molecule has 0 atom stereocenters. The van der Waals surface area contributed by atoms with E-state index in [-0.39, 0.29) is 11.3 Å². The van der Waals surface area contributed by atoms with Crippen molar-refractivity contribution in [1.29, 1.82) is 5.41 Å². The van der Waals surface area contributed by atoms with E-state index < -0.39 is 0 Å². The predicted molar refractivity (Wildman–Crippen MR) is 73.5 cm³/mol. The van der Waals surface area contributed by atoms with Gasteiger partial charge in [0.25, 0.3) is 0 Å². The second-order valence-corrected chi connectivity index (χ2v) is 5.73. The number of nitrogens with two attached hydrogens (primary N) is 1. The van der Waals surface area contributed by atoms with Crippen LogP contribution in [0, 0.1) is 16.7 Å². The molecule has 0 saturated carbocycles. The minimum absolute atomic E-state index is 0.206. The van der Waals surface area contributed by atoms with Gasteiger partial charge in [0, 0.05) is 25.6 Å². The van der Waals surface area contributed by atoms with Gasteiger partial charge in [-0.2, -0.15) is 0 Å². The minimum Gasteiger partial charge on any atom is -0.387 e. The highest BCUT2D eigenvalue weighted by atomic mass is 16.5. The summed E-state index contributed by atoms with van der Waals surface area (Å²) in [4.78, 5) is 2.39. The van der Waals surface area contributed by atoms with Gasteiger partial charge in [0.1, 0.15) is 0 Å². The molecule has 0 bridgehead atoms. The molecule has 0 heterocycles. The van der Waals surface area contributed by atoms with E-state index in [4.69, 9.17) is 15.9 Å². The van der Waals surface area contributed by atoms with Crippen molar-refractivity contribution in [3.8, 4) is 0 Å². The van der Waals surface area contributed by atoms with E-state index in [1.165, 1.54) is 0 Å². The van der Waals surface area contributed by atoms with Crippen LogP contribution in [0.5, 0.6) is 0 Å². The van der Waals surface area contributed by atoms with Crippen molar-refractivity contribution in [3.63, 3.8) is 0 Å². The number of amidine groups is 1. The first-order valence-corrected chi connectivity index (χ1v) is 6.35. The van der Waals surface area contributed by atoms with E-state index >= 15 is 0 Å². The average Bonchev–Trinajstić information content (AvgIpc) is 2.21. The summed E-state index contributed by atoms with van der Waals surface area (Å²) in [5.74, 6) is 0.918. The second-order valence-electron chi connectivity index (χ2n) is 5.73. The predicted octanol–water partition coefficient (Wildman–Crippen LogP) is 1.94. The van der Waals surface area contributed by atoms with Crippen LogP contribution in [0.3, 0.4) is 0 Å². The summed E-state index contributed by atoms with van der Waals surface area (Å²) in [6, 6.07) is 0. The molecule has 102 valence electrons. The van der Waals surface area contributed by atoms with Gasteiger partial charge in [0.15, 0.2) is 0 Å². The first kappa shape index (κ1) is 16.4. The Bertz CT molecular complexity index is 227. The molecule has 0 aliphatic heterocycles. The Morgan fingerprint density at radius 1 is 1.35 bits per heavy atom. The maximum absolute atomic E-state index is 7.56. The van der Waals surface area contributed by atoms with Crippen LogP contribution in [-0.4, -0.2) is 44.1 Å². The molecule has 0 radical (unpaired) electrons. The van der Waals surface area contributed by atoms with Crippen molar-refractivity contribution in [3.05, 3.63) is 0 Å². The summed E-state index contributed by atoms with van der Waals surface area (Å²) in [7, 11) is 1.73. The molecule has 0 aliphatic rings. The molecule has 0 aliphatic carbocycles. The molecule has 4 heteroatoms. The third kappa shape index (κ3) is 7.34. The Kier molecular flexibility index (Phi) is 7.39. The molecule has 0 unspecified atom stereocenters. The summed E-state index contributed by atoms with van der Waals surface area (Å²) in [6.07, 6.45) is 0.915. The van der Waals surface area contributed by atoms with E-state index in [0.717, 1.165) is 32.7 Å². The van der Waals surface area contributed by atoms with Crippen molar-refractivity contribution < 1.29 is 4.74 Å². The number of methoxy groups -OCH3 is 1. The lowest BCUT2D eigenvalue weighted by Crippen LogP contribution is -2.38. The largest absolute Gasteiger partial charge is 0.387 e. The van der Waals surface area contributed by atoms with Gasteiger partial charge in [-0.15, -0.1) is 0 Å². The Balaban J connectivity index is 4.19. The highest BCUT2D eigenvalue weighted by Crippen LogP contribution is 2.20. The minimum atomic E-state index is -0.206. The molecule has 0 aromatic carbocycles. The zero-order chi connectivity index (χ0) is 13.5. The monoisotopic (exact) mass is 243 g/mol. The molecule has 0 aromatic rings. The number of hydrogen-bond acceptors (Lipinski definition) is 3. The molecule has 0 saturated heterocycles. The molecule has 4 nitrogen and oxygen atoms in total. The molecule has 0 amide bonds. The van der Waals surface area contributed by atoms with Crippen molar-refractivity contribution >= 4 is 5.84 Å². The molecule has 0 aromatic heterocycles. The van der Waals surface area contributed by atoms with Gasteiger partial charge >= 0.3 is 0 Å². The standard InChI is InChI=1S/C13H29N3O/c1-11(2)10-16(8-9-17-5)7-6-13(3,4)12(14)15/h11H,6-10H2,1-5H3,(H3,14,15). The number of nitrogens with one attached hydrogen (secondary N) is 1. The smallest absolute Gasteiger partial charge is 0.0963 e. The van der Waals surface area contributed by atoms with Gasteiger partial charge in [-0.25, -0.2) is 0 Å². The highest BCUT2D eigenvalue weighted by molar-refractivity contribution is 5.82. The fourth-order valence-corrected chi connectivity index (χ4v) is 1.60. The average molecular weight is 243 g/mol. The number of rotatable bonds is 9. The molecule has 0 rings (SSSR count). The summed E-state index contributed by atoms with van der Waals surface area (Å²) in [6.45, 7) is 12.2. The normalized spacial score (nSPS) is 12.4. The maximum atomic E-state index is 7.56. The van der Waals surface area contributed by atoms with Gasteiger partial charge in [-0.3, -0.25) is 5.41 Å². The van der Waals surface area contributed by atoms with Crippen LogP contribution >= 0.6 is 0 Å². The molecule has 17 heavy (non-hydrogen) atoms. The van der Waals surface area contributed by atoms with Crippen LogP contribution in [0.1, 0.15) is 34.1 Å². The van der Waals surface area contributed by atoms with E-state index in [1.807, 2.05) is 13.8 Å². The first-order chi connectivity index (χ1) is 7.79. The van der Waals surface area contributed by atoms with E-state index in [9.17, 15) is 0 Å². The quantitative estimate of drug-likeness (QED) is 0.480. The fraction of sp³-hybridized carbons (Fsp3) is 0.923. The first-order valence-electron chi connectivity index (χ1n) is 6.35. The summed E-state index contributed by atoms with van der Waals surface area (Å²) >= 11 is 0. The maximum Gasteiger partial charge on any atom is 0.0963 e. The van der Waals surface area contributed by atoms with Crippen molar-refractivity contribution in [2.45, 2.75) is 34.1 Å². The van der Waals surface area contributed by atoms with E-state index in [1.54, 1.807) is 7.11 Å². The Labute approximate surface area is 106 Å². The Morgan fingerprint density at radius 2 is 1.94 bits per heavy atom. The van der Waals surface area contributed by atoms with Crippen LogP contribution in [0.15, 0.2) is 0 Å². The topological polar surface area (TPSA) is 62.3 Å². The number of nitrogens with zero attached hydrogens (tertiary/aromatic N) is 1. The van der Waals surface area contributed by atoms with Gasteiger partial charge in [-0.05, 0) is 18.9 Å². The number of ether oxygens (including phenoxy) is 1. The Morgan fingerprint density at radius 3 is 2.35 bits per heavy atom. The summed E-state index contributed by atoms with van der Waals surface area (Å²) in [5, 5.41) is 7.56. The molecule has 0 fully saturated rings. The highest BCUT2D eigenvalue weighted by Gasteiger charge is 2.22. The van der Waals surface area contributed by atoms with Gasteiger partial charge in [0.05, 0.1) is 12.4 Å². The van der Waals surface area contributed by atoms with Crippen LogP contribution in [0.2, 0.25) is 0 Å². The zero-order valence-electron chi connectivity index (χ0n) is 12.0. The Hall–Kier alpha value is -0.610. The molecular formula is C13H29N3O. The van der Waals surface area contributed by atoms with Crippen molar-refractivity contribution in [1.82, 2.24) is 4.90 Å². The lowest BCUT2D eigenvalue weighted by Gasteiger charge is -2.29. The molecule has 3 N–H and O–H groups in total. The fourth-order valence-electron chi connectivity index (χ4n) is 1.60. The van der Waals surface area contributed by atoms with Crippen LogP contribution in [-0.2, 0) is 4.74 Å². The zero-order valence-corrected chi connectivity index (χ0v) is 12.0. The van der Waals surface area contributed by atoms with Crippen molar-refractivity contribution in [2.24, 2.45) is 17.1 Å². The van der Waals surface area contributed by atoms with Crippen LogP contribution in [0.4, 0.5) is 0 Å². The van der Waals surface area contributed by atoms with E-state index in [0.29, 0.717) is 5.92 Å². The third-order valence-electron chi connectivity index (χ3n) is 3.02. The third-order valence-corrected chi connectivity index (χ3v) is 3.02. The van der Waals surface area contributed by atoms with Gasteiger partial charge in [0.2, 0.25) is 0 Å². The molecular weight excluding hydrogens is 214 g/mol. The number of hydrogen-bond donors (Lipinski definition) is 2. The van der Waals surface area contributed by atoms with Gasteiger partial charge in [-0.1, -0.05) is 27.7 Å². The SMILES string of the molecule is COCCN(CCC(C)(C)C(=N)N)CC(C)C. The van der Waals surface area contributed by atoms with Crippen LogP contribution in [0.25, 0.3) is 0 Å². The lowest BCUT2D eigenvalue weighted by atomic mass is 9.88. The molecule has 0 spiro atoms. The van der Waals surface area contributed by atoms with Gasteiger partial charge < -0.3 is 15.4 Å². The van der Waals surface area contributed by atoms with Crippen LogP contribution < -0.4 is 5.73 Å². The summed E-state index contributed by atoms with van der Waals surface area (Å²) < 4.78 is 5.12.